The van der Waals surface area contributed by atoms with Gasteiger partial charge in [0.05, 0.1) is 5.69 Å². The average Bonchev–Trinajstić information content (AvgIpc) is 2.78. The number of halogens is 1. The largest absolute Gasteiger partial charge is 0.441 e. The van der Waals surface area contributed by atoms with Gasteiger partial charge in [-0.05, 0) is 29.8 Å². The minimum atomic E-state index is 0.194. The second-order valence-corrected chi connectivity index (χ2v) is 3.68. The van der Waals surface area contributed by atoms with E-state index in [4.69, 9.17) is 16.0 Å². The van der Waals surface area contributed by atoms with Gasteiger partial charge in [-0.2, -0.15) is 0 Å². The summed E-state index contributed by atoms with van der Waals surface area (Å²) in [5.41, 5.74) is 2.26. The number of aromatic nitrogens is 3. The summed E-state index contributed by atoms with van der Waals surface area (Å²) in [7, 11) is 0. The molecule has 3 aromatic rings. The molecular weight excluding hydrogens is 240 g/mol. The molecule has 6 heteroatoms. The van der Waals surface area contributed by atoms with Crippen LogP contribution in [0, 0.1) is 0 Å². The van der Waals surface area contributed by atoms with Crippen molar-refractivity contribution in [3.63, 3.8) is 0 Å². The van der Waals surface area contributed by atoms with Gasteiger partial charge in [0, 0.05) is 6.20 Å². The van der Waals surface area contributed by atoms with Crippen LogP contribution in [-0.4, -0.2) is 15.0 Å². The zero-order valence-corrected chi connectivity index (χ0v) is 9.35. The highest BCUT2D eigenvalue weighted by Crippen LogP contribution is 2.24. The van der Waals surface area contributed by atoms with Crippen LogP contribution >= 0.6 is 11.6 Å². The highest BCUT2D eigenvalue weighted by molar-refractivity contribution is 6.28. The van der Waals surface area contributed by atoms with Gasteiger partial charge in [-0.15, -0.1) is 0 Å². The maximum atomic E-state index is 5.71. The fourth-order valence-corrected chi connectivity index (χ4v) is 1.67. The van der Waals surface area contributed by atoms with Crippen molar-refractivity contribution < 1.29 is 4.42 Å². The van der Waals surface area contributed by atoms with Gasteiger partial charge in [0.2, 0.25) is 5.28 Å². The molecule has 17 heavy (non-hydrogen) atoms. The average molecular weight is 247 g/mol. The number of fused-ring (bicyclic) bond motifs is 1. The minimum absolute atomic E-state index is 0.194. The summed E-state index contributed by atoms with van der Waals surface area (Å²) in [5, 5.41) is 3.30. The molecule has 1 aromatic carbocycles. The molecule has 0 saturated carbocycles. The SMILES string of the molecule is Clc1nccc(Nc2cccc3ncoc23)n1. The van der Waals surface area contributed by atoms with Gasteiger partial charge in [0.25, 0.3) is 0 Å². The van der Waals surface area contributed by atoms with Gasteiger partial charge in [0.15, 0.2) is 12.0 Å². The van der Waals surface area contributed by atoms with Crippen molar-refractivity contribution in [2.45, 2.75) is 0 Å². The first-order chi connectivity index (χ1) is 8.33. The zero-order chi connectivity index (χ0) is 11.7. The second-order valence-electron chi connectivity index (χ2n) is 3.34. The van der Waals surface area contributed by atoms with Crippen LogP contribution < -0.4 is 5.32 Å². The maximum absolute atomic E-state index is 5.71. The Bertz CT molecular complexity index is 667. The molecule has 2 aromatic heterocycles. The first kappa shape index (κ1) is 10.0. The van der Waals surface area contributed by atoms with Crippen molar-refractivity contribution in [3.05, 3.63) is 42.1 Å². The smallest absolute Gasteiger partial charge is 0.224 e. The molecule has 84 valence electrons. The molecule has 0 bridgehead atoms. The Morgan fingerprint density at radius 1 is 1.18 bits per heavy atom. The lowest BCUT2D eigenvalue weighted by Gasteiger charge is -2.04. The van der Waals surface area contributed by atoms with Crippen molar-refractivity contribution >= 4 is 34.2 Å². The number of hydrogen-bond donors (Lipinski definition) is 1. The Morgan fingerprint density at radius 3 is 3.00 bits per heavy atom. The standard InChI is InChI=1S/C11H7ClN4O/c12-11-13-5-4-9(16-11)15-8-3-1-2-7-10(8)17-6-14-7/h1-6H,(H,13,15,16). The molecular formula is C11H7ClN4O. The number of benzene rings is 1. The van der Waals surface area contributed by atoms with Crippen LogP contribution in [0.25, 0.3) is 11.1 Å². The number of rotatable bonds is 2. The summed E-state index contributed by atoms with van der Waals surface area (Å²) < 4.78 is 5.30. The summed E-state index contributed by atoms with van der Waals surface area (Å²) in [5.74, 6) is 0.605. The molecule has 0 spiro atoms. The van der Waals surface area contributed by atoms with Crippen LogP contribution in [0.15, 0.2) is 41.3 Å². The molecule has 0 aliphatic rings. The molecule has 0 radical (unpaired) electrons. The van der Waals surface area contributed by atoms with Crippen molar-refractivity contribution in [3.8, 4) is 0 Å². The van der Waals surface area contributed by atoms with Crippen LogP contribution in [0.2, 0.25) is 5.28 Å². The number of anilines is 2. The number of oxazole rings is 1. The van der Waals surface area contributed by atoms with Gasteiger partial charge in [0.1, 0.15) is 11.3 Å². The van der Waals surface area contributed by atoms with Crippen LogP contribution in [0.4, 0.5) is 11.5 Å². The molecule has 5 nitrogen and oxygen atoms in total. The van der Waals surface area contributed by atoms with E-state index in [1.807, 2.05) is 18.2 Å². The molecule has 1 N–H and O–H groups in total. The number of nitrogens with zero attached hydrogens (tertiary/aromatic N) is 3. The Labute approximate surface area is 101 Å². The number of hydrogen-bond acceptors (Lipinski definition) is 5. The third kappa shape index (κ3) is 1.92. The molecule has 2 heterocycles. The summed E-state index contributed by atoms with van der Waals surface area (Å²) in [6, 6.07) is 7.36. The predicted molar refractivity (Wildman–Crippen MR) is 64.3 cm³/mol. The third-order valence-electron chi connectivity index (χ3n) is 2.25. The van der Waals surface area contributed by atoms with E-state index in [-0.39, 0.29) is 5.28 Å². The number of nitrogens with one attached hydrogen (secondary N) is 1. The van der Waals surface area contributed by atoms with E-state index in [0.29, 0.717) is 11.4 Å². The highest BCUT2D eigenvalue weighted by atomic mass is 35.5. The molecule has 0 atom stereocenters. The van der Waals surface area contributed by atoms with Gasteiger partial charge < -0.3 is 9.73 Å². The first-order valence-corrected chi connectivity index (χ1v) is 5.28. The van der Waals surface area contributed by atoms with Crippen LogP contribution in [0.3, 0.4) is 0 Å². The number of para-hydroxylation sites is 1. The lowest BCUT2D eigenvalue weighted by molar-refractivity contribution is 0.603. The van der Waals surface area contributed by atoms with Gasteiger partial charge in [-0.1, -0.05) is 6.07 Å². The van der Waals surface area contributed by atoms with Crippen molar-refractivity contribution in [2.75, 3.05) is 5.32 Å². The van der Waals surface area contributed by atoms with Gasteiger partial charge in [-0.25, -0.2) is 15.0 Å². The van der Waals surface area contributed by atoms with Gasteiger partial charge >= 0.3 is 0 Å². The Hall–Kier alpha value is -2.14. The van der Waals surface area contributed by atoms with Crippen LogP contribution in [0.1, 0.15) is 0 Å². The molecule has 0 fully saturated rings. The zero-order valence-electron chi connectivity index (χ0n) is 8.59. The fourth-order valence-electron chi connectivity index (χ4n) is 1.53. The van der Waals surface area contributed by atoms with E-state index < -0.39 is 0 Å². The third-order valence-corrected chi connectivity index (χ3v) is 2.43. The van der Waals surface area contributed by atoms with E-state index in [2.05, 4.69) is 20.3 Å². The molecule has 0 aliphatic heterocycles. The normalized spacial score (nSPS) is 10.6. The summed E-state index contributed by atoms with van der Waals surface area (Å²) in [4.78, 5) is 11.9. The minimum Gasteiger partial charge on any atom is -0.441 e. The summed E-state index contributed by atoms with van der Waals surface area (Å²) >= 11 is 5.71. The van der Waals surface area contributed by atoms with Crippen molar-refractivity contribution in [1.82, 2.24) is 15.0 Å². The van der Waals surface area contributed by atoms with E-state index in [1.165, 1.54) is 6.39 Å². The Morgan fingerprint density at radius 2 is 2.12 bits per heavy atom. The second kappa shape index (κ2) is 4.03. The van der Waals surface area contributed by atoms with E-state index in [1.54, 1.807) is 12.3 Å². The topological polar surface area (TPSA) is 63.8 Å². The highest BCUT2D eigenvalue weighted by Gasteiger charge is 2.05. The monoisotopic (exact) mass is 246 g/mol. The van der Waals surface area contributed by atoms with E-state index in [9.17, 15) is 0 Å². The lowest BCUT2D eigenvalue weighted by atomic mass is 10.3. The van der Waals surface area contributed by atoms with Crippen molar-refractivity contribution in [1.29, 1.82) is 0 Å². The van der Waals surface area contributed by atoms with Crippen LogP contribution in [-0.2, 0) is 0 Å². The predicted octanol–water partition coefficient (Wildman–Crippen LogP) is 3.01. The lowest BCUT2D eigenvalue weighted by Crippen LogP contribution is -1.94. The van der Waals surface area contributed by atoms with E-state index >= 15 is 0 Å². The molecule has 0 aliphatic carbocycles. The molecule has 3 rings (SSSR count). The van der Waals surface area contributed by atoms with E-state index in [0.717, 1.165) is 11.2 Å². The van der Waals surface area contributed by atoms with Crippen molar-refractivity contribution in [2.24, 2.45) is 0 Å². The van der Waals surface area contributed by atoms with Gasteiger partial charge in [-0.3, -0.25) is 0 Å². The molecule has 0 unspecified atom stereocenters. The quantitative estimate of drug-likeness (QED) is 0.704. The Balaban J connectivity index is 2.02. The summed E-state index contributed by atoms with van der Waals surface area (Å²) in [6.45, 7) is 0. The summed E-state index contributed by atoms with van der Waals surface area (Å²) in [6.07, 6.45) is 2.99. The first-order valence-electron chi connectivity index (χ1n) is 4.91. The maximum Gasteiger partial charge on any atom is 0.224 e. The molecule has 0 amide bonds. The molecule has 0 saturated heterocycles. The fraction of sp³-hybridized carbons (Fsp3) is 0. The Kier molecular flexibility index (Phi) is 2.38. The van der Waals surface area contributed by atoms with Crippen LogP contribution in [0.5, 0.6) is 0 Å².